The van der Waals surface area contributed by atoms with Crippen LogP contribution in [-0.2, 0) is 16.0 Å². The highest BCUT2D eigenvalue weighted by atomic mass is 16.6. The highest BCUT2D eigenvalue weighted by molar-refractivity contribution is 5.96. The van der Waals surface area contributed by atoms with E-state index in [9.17, 15) is 9.59 Å². The van der Waals surface area contributed by atoms with E-state index in [0.717, 1.165) is 28.7 Å². The number of hydrogen-bond acceptors (Lipinski definition) is 4. The van der Waals surface area contributed by atoms with Crippen LogP contribution < -0.4 is 5.32 Å². The van der Waals surface area contributed by atoms with Gasteiger partial charge in [-0.2, -0.15) is 0 Å². The lowest BCUT2D eigenvalue weighted by Crippen LogP contribution is -2.47. The summed E-state index contributed by atoms with van der Waals surface area (Å²) in [6.45, 7) is 8.77. The third-order valence-electron chi connectivity index (χ3n) is 4.93. The number of piperidine rings is 1. The molecular formula is C23H30N2O4. The summed E-state index contributed by atoms with van der Waals surface area (Å²) < 4.78 is 11.3. The second kappa shape index (κ2) is 8.72. The smallest absolute Gasteiger partial charge is 0.410 e. The summed E-state index contributed by atoms with van der Waals surface area (Å²) in [5.41, 5.74) is 1.29. The van der Waals surface area contributed by atoms with E-state index < -0.39 is 5.60 Å². The van der Waals surface area contributed by atoms with Crippen molar-refractivity contribution in [2.75, 3.05) is 13.1 Å². The number of nitrogens with one attached hydrogen (secondary N) is 1. The average Bonchev–Trinajstić information content (AvgIpc) is 3.03. The number of hydrogen-bond donors (Lipinski definition) is 1. The Morgan fingerprint density at radius 2 is 1.93 bits per heavy atom. The first-order chi connectivity index (χ1) is 13.8. The second-order valence-corrected chi connectivity index (χ2v) is 8.37. The van der Waals surface area contributed by atoms with Gasteiger partial charge in [-0.15, -0.1) is 0 Å². The van der Waals surface area contributed by atoms with E-state index in [-0.39, 0.29) is 18.0 Å². The summed E-state index contributed by atoms with van der Waals surface area (Å²) in [4.78, 5) is 26.3. The SMILES string of the molecule is CCc1oc2ccccc2c1/C=C/C(=O)NC1CCN(C(=O)OC(C)(C)C)CC1. The van der Waals surface area contributed by atoms with Crippen LogP contribution in [0.25, 0.3) is 17.0 Å². The van der Waals surface area contributed by atoms with Gasteiger partial charge >= 0.3 is 6.09 Å². The first kappa shape index (κ1) is 21.0. The molecular weight excluding hydrogens is 368 g/mol. The number of para-hydroxylation sites is 1. The van der Waals surface area contributed by atoms with Crippen LogP contribution in [0.1, 0.15) is 51.9 Å². The van der Waals surface area contributed by atoms with Gasteiger partial charge in [-0.05, 0) is 45.8 Å². The Morgan fingerprint density at radius 3 is 2.59 bits per heavy atom. The summed E-state index contributed by atoms with van der Waals surface area (Å²) in [5, 5.41) is 4.05. The topological polar surface area (TPSA) is 71.8 Å². The van der Waals surface area contributed by atoms with Gasteiger partial charge in [0.1, 0.15) is 16.9 Å². The first-order valence-electron chi connectivity index (χ1n) is 10.2. The Labute approximate surface area is 171 Å². The molecule has 2 amide bonds. The van der Waals surface area contributed by atoms with Gasteiger partial charge in [0.25, 0.3) is 0 Å². The molecule has 0 saturated carbocycles. The maximum atomic E-state index is 12.4. The average molecular weight is 399 g/mol. The van der Waals surface area contributed by atoms with Crippen molar-refractivity contribution in [2.45, 2.75) is 58.6 Å². The third-order valence-corrected chi connectivity index (χ3v) is 4.93. The zero-order valence-corrected chi connectivity index (χ0v) is 17.7. The number of benzene rings is 1. The number of carbonyl (C=O) groups is 2. The van der Waals surface area contributed by atoms with Gasteiger partial charge in [-0.25, -0.2) is 4.79 Å². The molecule has 1 N–H and O–H groups in total. The molecule has 0 aliphatic carbocycles. The number of rotatable bonds is 4. The molecule has 0 spiro atoms. The molecule has 29 heavy (non-hydrogen) atoms. The van der Waals surface area contributed by atoms with Crippen molar-refractivity contribution in [1.82, 2.24) is 10.2 Å². The van der Waals surface area contributed by atoms with Crippen molar-refractivity contribution in [2.24, 2.45) is 0 Å². The van der Waals surface area contributed by atoms with E-state index in [4.69, 9.17) is 9.15 Å². The van der Waals surface area contributed by atoms with Crippen LogP contribution in [0.4, 0.5) is 4.79 Å². The van der Waals surface area contributed by atoms with E-state index in [1.165, 1.54) is 0 Å². The zero-order valence-electron chi connectivity index (χ0n) is 17.7. The quantitative estimate of drug-likeness (QED) is 0.769. The maximum absolute atomic E-state index is 12.4. The molecule has 1 fully saturated rings. The van der Waals surface area contributed by atoms with E-state index in [2.05, 4.69) is 5.32 Å². The van der Waals surface area contributed by atoms with Gasteiger partial charge in [0.15, 0.2) is 0 Å². The van der Waals surface area contributed by atoms with Gasteiger partial charge in [-0.3, -0.25) is 4.79 Å². The van der Waals surface area contributed by atoms with Crippen LogP contribution in [-0.4, -0.2) is 41.6 Å². The van der Waals surface area contributed by atoms with Crippen LogP contribution in [0, 0.1) is 0 Å². The highest BCUT2D eigenvalue weighted by Crippen LogP contribution is 2.27. The fourth-order valence-electron chi connectivity index (χ4n) is 3.50. The lowest BCUT2D eigenvalue weighted by molar-refractivity contribution is -0.117. The van der Waals surface area contributed by atoms with Crippen molar-refractivity contribution in [3.05, 3.63) is 41.7 Å². The van der Waals surface area contributed by atoms with Gasteiger partial charge in [0.05, 0.1) is 0 Å². The molecule has 1 aliphatic heterocycles. The normalized spacial score (nSPS) is 15.8. The van der Waals surface area contributed by atoms with Crippen molar-refractivity contribution in [3.8, 4) is 0 Å². The largest absolute Gasteiger partial charge is 0.460 e. The number of likely N-dealkylation sites (tertiary alicyclic amines) is 1. The first-order valence-corrected chi connectivity index (χ1v) is 10.2. The molecule has 1 saturated heterocycles. The molecule has 6 nitrogen and oxygen atoms in total. The van der Waals surface area contributed by atoms with Crippen LogP contribution in [0.3, 0.4) is 0 Å². The molecule has 0 bridgehead atoms. The van der Waals surface area contributed by atoms with Crippen molar-refractivity contribution in [1.29, 1.82) is 0 Å². The van der Waals surface area contributed by atoms with Gasteiger partial charge in [0.2, 0.25) is 5.91 Å². The third kappa shape index (κ3) is 5.40. The fourth-order valence-corrected chi connectivity index (χ4v) is 3.50. The second-order valence-electron chi connectivity index (χ2n) is 8.37. The Kier molecular flexibility index (Phi) is 6.30. The highest BCUT2D eigenvalue weighted by Gasteiger charge is 2.27. The van der Waals surface area contributed by atoms with E-state index in [1.54, 1.807) is 11.0 Å². The molecule has 0 radical (unpaired) electrons. The van der Waals surface area contributed by atoms with Crippen molar-refractivity contribution < 1.29 is 18.7 Å². The number of nitrogens with zero attached hydrogens (tertiary/aromatic N) is 1. The van der Waals surface area contributed by atoms with Gasteiger partial charge < -0.3 is 19.4 Å². The fraction of sp³-hybridized carbons (Fsp3) is 0.478. The number of furan rings is 1. The van der Waals surface area contributed by atoms with Crippen LogP contribution in [0.5, 0.6) is 0 Å². The molecule has 1 aliphatic rings. The molecule has 6 heteroatoms. The van der Waals surface area contributed by atoms with Crippen molar-refractivity contribution in [3.63, 3.8) is 0 Å². The number of amides is 2. The standard InChI is InChI=1S/C23H30N2O4/c1-5-19-18(17-8-6-7-9-20(17)28-19)10-11-21(26)24-16-12-14-25(15-13-16)22(27)29-23(2,3)4/h6-11,16H,5,12-15H2,1-4H3,(H,24,26)/b11-10+. The Morgan fingerprint density at radius 1 is 1.24 bits per heavy atom. The minimum atomic E-state index is -0.498. The van der Waals surface area contributed by atoms with E-state index in [1.807, 2.05) is 58.0 Å². The maximum Gasteiger partial charge on any atom is 0.410 e. The molecule has 2 aromatic rings. The van der Waals surface area contributed by atoms with Crippen LogP contribution >= 0.6 is 0 Å². The molecule has 1 aromatic carbocycles. The van der Waals surface area contributed by atoms with Crippen LogP contribution in [0.2, 0.25) is 0 Å². The predicted octanol–water partition coefficient (Wildman–Crippen LogP) is 4.52. The molecule has 0 unspecified atom stereocenters. The van der Waals surface area contributed by atoms with Gasteiger partial charge in [0, 0.05) is 42.6 Å². The summed E-state index contributed by atoms with van der Waals surface area (Å²) in [5.74, 6) is 0.744. The monoisotopic (exact) mass is 398 g/mol. The zero-order chi connectivity index (χ0) is 21.0. The van der Waals surface area contributed by atoms with E-state index >= 15 is 0 Å². The number of fused-ring (bicyclic) bond motifs is 1. The number of carbonyl (C=O) groups excluding carboxylic acids is 2. The lowest BCUT2D eigenvalue weighted by Gasteiger charge is -2.33. The number of ether oxygens (including phenoxy) is 1. The van der Waals surface area contributed by atoms with Crippen LogP contribution in [0.15, 0.2) is 34.8 Å². The molecule has 2 heterocycles. The minimum absolute atomic E-state index is 0.0533. The molecule has 0 atom stereocenters. The summed E-state index contributed by atoms with van der Waals surface area (Å²) >= 11 is 0. The Bertz CT molecular complexity index is 899. The molecule has 156 valence electrons. The summed E-state index contributed by atoms with van der Waals surface area (Å²) in [6.07, 6.45) is 5.30. The predicted molar refractivity (Wildman–Crippen MR) is 114 cm³/mol. The Hall–Kier alpha value is -2.76. The molecule has 1 aromatic heterocycles. The summed E-state index contributed by atoms with van der Waals surface area (Å²) in [7, 11) is 0. The van der Waals surface area contributed by atoms with E-state index in [0.29, 0.717) is 25.9 Å². The molecule has 3 rings (SSSR count). The Balaban J connectivity index is 1.55. The summed E-state index contributed by atoms with van der Waals surface area (Å²) in [6, 6.07) is 7.90. The van der Waals surface area contributed by atoms with Crippen molar-refractivity contribution >= 4 is 29.0 Å². The van der Waals surface area contributed by atoms with Gasteiger partial charge in [-0.1, -0.05) is 25.1 Å². The minimum Gasteiger partial charge on any atom is -0.460 e. The number of aryl methyl sites for hydroxylation is 1. The lowest BCUT2D eigenvalue weighted by atomic mass is 10.1.